The molecule has 0 bridgehead atoms. The first-order chi connectivity index (χ1) is 11.1. The third-order valence-corrected chi connectivity index (χ3v) is 4.20. The predicted octanol–water partition coefficient (Wildman–Crippen LogP) is 3.02. The summed E-state index contributed by atoms with van der Waals surface area (Å²) in [6.07, 6.45) is 4.45. The lowest BCUT2D eigenvalue weighted by Gasteiger charge is -2.37. The van der Waals surface area contributed by atoms with Crippen LogP contribution in [0, 0.1) is 5.82 Å². The molecular formula is C18H27FN2O2. The third kappa shape index (κ3) is 5.59. The van der Waals surface area contributed by atoms with Gasteiger partial charge < -0.3 is 15.4 Å². The summed E-state index contributed by atoms with van der Waals surface area (Å²) in [7, 11) is 0. The second kappa shape index (κ2) is 8.99. The van der Waals surface area contributed by atoms with Gasteiger partial charge in [-0.15, -0.1) is 0 Å². The molecule has 4 nitrogen and oxygen atoms in total. The van der Waals surface area contributed by atoms with E-state index in [9.17, 15) is 9.18 Å². The van der Waals surface area contributed by atoms with Gasteiger partial charge in [-0.1, -0.05) is 25.0 Å². The van der Waals surface area contributed by atoms with Crippen LogP contribution in [-0.2, 0) is 9.53 Å². The van der Waals surface area contributed by atoms with Crippen molar-refractivity contribution in [3.8, 4) is 0 Å². The Balaban J connectivity index is 1.87. The monoisotopic (exact) mass is 322 g/mol. The first-order valence-electron chi connectivity index (χ1n) is 8.49. The Morgan fingerprint density at radius 1 is 1.22 bits per heavy atom. The molecule has 2 rings (SSSR count). The Morgan fingerprint density at radius 3 is 2.61 bits per heavy atom. The summed E-state index contributed by atoms with van der Waals surface area (Å²) in [5.41, 5.74) is 6.39. The van der Waals surface area contributed by atoms with E-state index in [-0.39, 0.29) is 23.9 Å². The largest absolute Gasteiger partial charge is 0.367 e. The third-order valence-electron chi connectivity index (χ3n) is 4.20. The van der Waals surface area contributed by atoms with Crippen LogP contribution in [0.25, 0.3) is 0 Å². The smallest absolute Gasteiger partial charge is 0.222 e. The molecule has 0 saturated carbocycles. The highest BCUT2D eigenvalue weighted by Crippen LogP contribution is 2.26. The van der Waals surface area contributed by atoms with E-state index in [2.05, 4.69) is 0 Å². The van der Waals surface area contributed by atoms with Crippen LogP contribution in [0.2, 0.25) is 0 Å². The fraction of sp³-hybridized carbons (Fsp3) is 0.611. The average molecular weight is 322 g/mol. The number of morpholine rings is 1. The van der Waals surface area contributed by atoms with Crippen molar-refractivity contribution in [1.29, 1.82) is 0 Å². The maximum atomic E-state index is 13.1. The molecule has 2 unspecified atom stereocenters. The molecule has 2 N–H and O–H groups in total. The molecule has 1 fully saturated rings. The number of rotatable bonds is 7. The van der Waals surface area contributed by atoms with Crippen molar-refractivity contribution in [1.82, 2.24) is 4.90 Å². The number of hydrogen-bond acceptors (Lipinski definition) is 3. The number of hydrogen-bond donors (Lipinski definition) is 1. The summed E-state index contributed by atoms with van der Waals surface area (Å²) < 4.78 is 19.0. The lowest BCUT2D eigenvalue weighted by Crippen LogP contribution is -2.45. The topological polar surface area (TPSA) is 55.6 Å². The second-order valence-corrected chi connectivity index (χ2v) is 6.24. The van der Waals surface area contributed by atoms with Crippen molar-refractivity contribution in [2.75, 3.05) is 19.6 Å². The van der Waals surface area contributed by atoms with Crippen LogP contribution < -0.4 is 5.73 Å². The molecular weight excluding hydrogens is 295 g/mol. The molecule has 23 heavy (non-hydrogen) atoms. The molecule has 128 valence electrons. The van der Waals surface area contributed by atoms with E-state index in [1.165, 1.54) is 12.1 Å². The average Bonchev–Trinajstić information content (AvgIpc) is 2.54. The normalized spacial score (nSPS) is 21.4. The maximum Gasteiger partial charge on any atom is 0.222 e. The Labute approximate surface area is 137 Å². The molecule has 0 spiro atoms. The maximum absolute atomic E-state index is 13.1. The van der Waals surface area contributed by atoms with Crippen LogP contribution in [0.4, 0.5) is 4.39 Å². The van der Waals surface area contributed by atoms with Gasteiger partial charge in [0.15, 0.2) is 0 Å². The number of carbonyl (C=O) groups excluding carboxylic acids is 1. The predicted molar refractivity (Wildman–Crippen MR) is 88.4 cm³/mol. The van der Waals surface area contributed by atoms with E-state index in [1.807, 2.05) is 11.8 Å². The standard InChI is InChI=1S/C18H27FN2O2/c1-14-12-21(18(22)6-4-2-3-5-11-20)13-17(23-14)15-7-9-16(19)10-8-15/h7-10,14,17H,2-6,11-13,20H2,1H3. The van der Waals surface area contributed by atoms with Gasteiger partial charge >= 0.3 is 0 Å². The Bertz CT molecular complexity index is 492. The zero-order valence-electron chi connectivity index (χ0n) is 13.8. The van der Waals surface area contributed by atoms with Gasteiger partial charge in [0.2, 0.25) is 5.91 Å². The lowest BCUT2D eigenvalue weighted by atomic mass is 10.1. The Morgan fingerprint density at radius 2 is 1.91 bits per heavy atom. The van der Waals surface area contributed by atoms with Crippen molar-refractivity contribution in [3.63, 3.8) is 0 Å². The quantitative estimate of drug-likeness (QED) is 0.785. The van der Waals surface area contributed by atoms with Crippen molar-refractivity contribution in [3.05, 3.63) is 35.6 Å². The number of nitrogens with two attached hydrogens (primary N) is 1. The molecule has 0 aliphatic carbocycles. The van der Waals surface area contributed by atoms with Crippen molar-refractivity contribution in [2.45, 2.75) is 51.2 Å². The zero-order valence-corrected chi connectivity index (χ0v) is 13.8. The van der Waals surface area contributed by atoms with Crippen molar-refractivity contribution in [2.24, 2.45) is 5.73 Å². The van der Waals surface area contributed by atoms with Gasteiger partial charge in [-0.25, -0.2) is 4.39 Å². The van der Waals surface area contributed by atoms with E-state index >= 15 is 0 Å². The van der Waals surface area contributed by atoms with Gasteiger partial charge in [0.1, 0.15) is 11.9 Å². The first-order valence-corrected chi connectivity index (χ1v) is 8.49. The number of ether oxygens (including phenoxy) is 1. The van der Waals surface area contributed by atoms with Crippen LogP contribution in [0.15, 0.2) is 24.3 Å². The summed E-state index contributed by atoms with van der Waals surface area (Å²) in [6, 6.07) is 6.32. The highest BCUT2D eigenvalue weighted by molar-refractivity contribution is 5.76. The van der Waals surface area contributed by atoms with Crippen LogP contribution in [0.1, 0.15) is 50.7 Å². The summed E-state index contributed by atoms with van der Waals surface area (Å²) in [6.45, 7) is 3.85. The molecule has 1 aliphatic rings. The number of amides is 1. The van der Waals surface area contributed by atoms with E-state index in [0.717, 1.165) is 31.2 Å². The highest BCUT2D eigenvalue weighted by Gasteiger charge is 2.28. The minimum Gasteiger partial charge on any atom is -0.367 e. The molecule has 1 aromatic carbocycles. The molecule has 1 aromatic rings. The van der Waals surface area contributed by atoms with E-state index in [1.54, 1.807) is 12.1 Å². The summed E-state index contributed by atoms with van der Waals surface area (Å²) >= 11 is 0. The fourth-order valence-corrected chi connectivity index (χ4v) is 2.95. The Hall–Kier alpha value is -1.46. The minimum atomic E-state index is -0.261. The minimum absolute atomic E-state index is 0.0139. The number of benzene rings is 1. The second-order valence-electron chi connectivity index (χ2n) is 6.24. The summed E-state index contributed by atoms with van der Waals surface area (Å²) in [5.74, 6) is -0.0805. The van der Waals surface area contributed by atoms with E-state index < -0.39 is 0 Å². The summed E-state index contributed by atoms with van der Waals surface area (Å²) in [4.78, 5) is 14.3. The zero-order chi connectivity index (χ0) is 16.7. The van der Waals surface area contributed by atoms with Gasteiger partial charge in [0, 0.05) is 13.0 Å². The van der Waals surface area contributed by atoms with Gasteiger partial charge in [0.05, 0.1) is 12.6 Å². The van der Waals surface area contributed by atoms with Crippen molar-refractivity contribution >= 4 is 5.91 Å². The van der Waals surface area contributed by atoms with Crippen LogP contribution in [-0.4, -0.2) is 36.5 Å². The Kier molecular flexibility index (Phi) is 6.99. The number of carbonyl (C=O) groups is 1. The lowest BCUT2D eigenvalue weighted by molar-refractivity contribution is -0.145. The van der Waals surface area contributed by atoms with Crippen LogP contribution in [0.3, 0.4) is 0 Å². The molecule has 1 heterocycles. The van der Waals surface area contributed by atoms with Gasteiger partial charge in [-0.05, 0) is 44.0 Å². The van der Waals surface area contributed by atoms with E-state index in [0.29, 0.717) is 26.1 Å². The van der Waals surface area contributed by atoms with Gasteiger partial charge in [-0.3, -0.25) is 4.79 Å². The molecule has 1 aliphatic heterocycles. The molecule has 0 aromatic heterocycles. The molecule has 1 amide bonds. The molecule has 2 atom stereocenters. The fourth-order valence-electron chi connectivity index (χ4n) is 2.95. The van der Waals surface area contributed by atoms with Crippen LogP contribution in [0.5, 0.6) is 0 Å². The van der Waals surface area contributed by atoms with E-state index in [4.69, 9.17) is 10.5 Å². The van der Waals surface area contributed by atoms with Crippen molar-refractivity contribution < 1.29 is 13.9 Å². The summed E-state index contributed by atoms with van der Waals surface area (Å²) in [5, 5.41) is 0. The SMILES string of the molecule is CC1CN(C(=O)CCCCCCN)CC(c2ccc(F)cc2)O1. The molecule has 0 radical (unpaired) electrons. The number of unbranched alkanes of at least 4 members (excludes halogenated alkanes) is 3. The van der Waals surface area contributed by atoms with Crippen LogP contribution >= 0.6 is 0 Å². The highest BCUT2D eigenvalue weighted by atomic mass is 19.1. The van der Waals surface area contributed by atoms with Gasteiger partial charge in [0.25, 0.3) is 0 Å². The molecule has 1 saturated heterocycles. The first kappa shape index (κ1) is 17.9. The number of halogens is 1. The van der Waals surface area contributed by atoms with Gasteiger partial charge in [-0.2, -0.15) is 0 Å². The number of nitrogens with zero attached hydrogens (tertiary/aromatic N) is 1. The molecule has 5 heteroatoms.